The predicted molar refractivity (Wildman–Crippen MR) is 78.6 cm³/mol. The van der Waals surface area contributed by atoms with Gasteiger partial charge >= 0.3 is 0 Å². The number of rotatable bonds is 3. The Morgan fingerprint density at radius 2 is 2.27 bits per heavy atom. The van der Waals surface area contributed by atoms with Gasteiger partial charge in [0.25, 0.3) is 5.91 Å². The normalized spacial score (nSPS) is 18.0. The van der Waals surface area contributed by atoms with Gasteiger partial charge < -0.3 is 14.6 Å². The number of hydrogen-bond donors (Lipinski definition) is 1. The molecule has 7 nitrogen and oxygen atoms in total. The third kappa shape index (κ3) is 3.30. The molecule has 1 aliphatic heterocycles. The quantitative estimate of drug-likeness (QED) is 0.908. The summed E-state index contributed by atoms with van der Waals surface area (Å²) in [5.74, 6) is 0.356. The summed E-state index contributed by atoms with van der Waals surface area (Å²) in [7, 11) is 0. The van der Waals surface area contributed by atoms with Crippen LogP contribution >= 0.6 is 0 Å². The average molecular weight is 300 g/mol. The van der Waals surface area contributed by atoms with E-state index >= 15 is 0 Å². The first-order valence-electron chi connectivity index (χ1n) is 7.13. The summed E-state index contributed by atoms with van der Waals surface area (Å²) in [4.78, 5) is 35.8. The van der Waals surface area contributed by atoms with Gasteiger partial charge in [0.15, 0.2) is 0 Å². The van der Waals surface area contributed by atoms with Gasteiger partial charge in [0.2, 0.25) is 11.4 Å². The molecule has 1 atom stereocenters. The van der Waals surface area contributed by atoms with Gasteiger partial charge in [-0.2, -0.15) is 0 Å². The van der Waals surface area contributed by atoms with Crippen molar-refractivity contribution in [1.82, 2.24) is 19.9 Å². The van der Waals surface area contributed by atoms with Gasteiger partial charge in [0.1, 0.15) is 6.10 Å². The van der Waals surface area contributed by atoms with Gasteiger partial charge in [-0.25, -0.2) is 4.98 Å². The first kappa shape index (κ1) is 14.2. The summed E-state index contributed by atoms with van der Waals surface area (Å²) < 4.78 is 5.77. The summed E-state index contributed by atoms with van der Waals surface area (Å²) in [6.45, 7) is 1.17. The second kappa shape index (κ2) is 6.38. The zero-order valence-electron chi connectivity index (χ0n) is 11.9. The summed E-state index contributed by atoms with van der Waals surface area (Å²) in [6, 6.07) is 2.89. The molecule has 0 spiro atoms. The van der Waals surface area contributed by atoms with Crippen LogP contribution in [0.4, 0.5) is 0 Å². The van der Waals surface area contributed by atoms with Gasteiger partial charge in [-0.3, -0.25) is 14.6 Å². The van der Waals surface area contributed by atoms with E-state index in [4.69, 9.17) is 4.74 Å². The Kier molecular flexibility index (Phi) is 4.13. The number of carbonyl (C=O) groups is 1. The van der Waals surface area contributed by atoms with E-state index in [1.54, 1.807) is 23.5 Å². The summed E-state index contributed by atoms with van der Waals surface area (Å²) in [6.07, 6.45) is 7.78. The minimum atomic E-state index is -0.223. The van der Waals surface area contributed by atoms with Crippen LogP contribution in [0.15, 0.2) is 41.7 Å². The van der Waals surface area contributed by atoms with Gasteiger partial charge in [-0.15, -0.1) is 0 Å². The molecule has 3 rings (SSSR count). The number of H-pyrrole nitrogens is 1. The average Bonchev–Trinajstić information content (AvgIpc) is 2.56. The third-order valence-corrected chi connectivity index (χ3v) is 3.52. The zero-order valence-corrected chi connectivity index (χ0v) is 11.9. The molecule has 114 valence electrons. The van der Waals surface area contributed by atoms with E-state index in [0.29, 0.717) is 24.5 Å². The van der Waals surface area contributed by atoms with Crippen molar-refractivity contribution in [2.45, 2.75) is 18.9 Å². The molecule has 0 radical (unpaired) electrons. The standard InChI is InChI=1S/C15H16N4O3/c20-13-4-3-11(8-18-13)15(21)19-7-1-2-12(10-19)22-14-9-16-5-6-17-14/h3-6,8-9,12H,1-2,7,10H2,(H,18,20)/t12-/m0/s1. The van der Waals surface area contributed by atoms with E-state index in [0.717, 1.165) is 12.8 Å². The van der Waals surface area contributed by atoms with Crippen molar-refractivity contribution >= 4 is 5.91 Å². The molecule has 1 fully saturated rings. The van der Waals surface area contributed by atoms with Crippen molar-refractivity contribution in [2.75, 3.05) is 13.1 Å². The number of aromatic amines is 1. The molecule has 1 amide bonds. The Balaban J connectivity index is 1.66. The van der Waals surface area contributed by atoms with Crippen LogP contribution < -0.4 is 10.3 Å². The Hall–Kier alpha value is -2.70. The summed E-state index contributed by atoms with van der Waals surface area (Å²) in [5.41, 5.74) is 0.249. The van der Waals surface area contributed by atoms with E-state index in [9.17, 15) is 9.59 Å². The van der Waals surface area contributed by atoms with Gasteiger partial charge in [0.05, 0.1) is 18.3 Å². The number of amides is 1. The molecule has 1 N–H and O–H groups in total. The Labute approximate surface area is 127 Å². The Morgan fingerprint density at radius 1 is 1.36 bits per heavy atom. The van der Waals surface area contributed by atoms with Crippen molar-refractivity contribution in [2.24, 2.45) is 0 Å². The summed E-state index contributed by atoms with van der Waals surface area (Å²) >= 11 is 0. The van der Waals surface area contributed by atoms with Crippen LogP contribution in [-0.2, 0) is 0 Å². The van der Waals surface area contributed by atoms with Crippen LogP contribution in [0.3, 0.4) is 0 Å². The lowest BCUT2D eigenvalue weighted by atomic mass is 10.1. The molecule has 0 bridgehead atoms. The molecule has 0 aromatic carbocycles. The van der Waals surface area contributed by atoms with Crippen LogP contribution in [-0.4, -0.2) is 45.0 Å². The Morgan fingerprint density at radius 3 is 3.00 bits per heavy atom. The molecule has 7 heteroatoms. The minimum Gasteiger partial charge on any atom is -0.471 e. The smallest absolute Gasteiger partial charge is 0.255 e. The van der Waals surface area contributed by atoms with Gasteiger partial charge in [-0.1, -0.05) is 0 Å². The molecule has 1 aliphatic rings. The largest absolute Gasteiger partial charge is 0.471 e. The number of ether oxygens (including phenoxy) is 1. The first-order chi connectivity index (χ1) is 10.7. The SMILES string of the molecule is O=C(c1ccc(=O)[nH]c1)N1CCC[C@H](Oc2cnccn2)C1. The van der Waals surface area contributed by atoms with Crippen molar-refractivity contribution in [3.05, 3.63) is 52.8 Å². The zero-order chi connectivity index (χ0) is 15.4. The number of likely N-dealkylation sites (tertiary alicyclic amines) is 1. The maximum absolute atomic E-state index is 12.4. The van der Waals surface area contributed by atoms with Crippen molar-refractivity contribution in [3.8, 4) is 5.88 Å². The van der Waals surface area contributed by atoms with E-state index < -0.39 is 0 Å². The topological polar surface area (TPSA) is 88.2 Å². The fourth-order valence-electron chi connectivity index (χ4n) is 2.46. The van der Waals surface area contributed by atoms with Crippen molar-refractivity contribution in [3.63, 3.8) is 0 Å². The molecular weight excluding hydrogens is 284 g/mol. The molecule has 0 unspecified atom stereocenters. The third-order valence-electron chi connectivity index (χ3n) is 3.52. The van der Waals surface area contributed by atoms with Gasteiger partial charge in [0, 0.05) is 31.2 Å². The van der Waals surface area contributed by atoms with Crippen molar-refractivity contribution in [1.29, 1.82) is 0 Å². The molecule has 3 heterocycles. The first-order valence-corrected chi connectivity index (χ1v) is 7.13. The summed E-state index contributed by atoms with van der Waals surface area (Å²) in [5, 5.41) is 0. The molecule has 2 aromatic rings. The highest BCUT2D eigenvalue weighted by Gasteiger charge is 2.26. The maximum Gasteiger partial charge on any atom is 0.255 e. The number of carbonyl (C=O) groups excluding carboxylic acids is 1. The second-order valence-electron chi connectivity index (χ2n) is 5.12. The van der Waals surface area contributed by atoms with Crippen LogP contribution in [0, 0.1) is 0 Å². The lowest BCUT2D eigenvalue weighted by Crippen LogP contribution is -2.44. The second-order valence-corrected chi connectivity index (χ2v) is 5.12. The lowest BCUT2D eigenvalue weighted by molar-refractivity contribution is 0.0526. The lowest BCUT2D eigenvalue weighted by Gasteiger charge is -2.32. The van der Waals surface area contributed by atoms with E-state index in [1.165, 1.54) is 18.3 Å². The van der Waals surface area contributed by atoms with E-state index in [-0.39, 0.29) is 17.6 Å². The molecule has 0 saturated carbocycles. The van der Waals surface area contributed by atoms with Crippen molar-refractivity contribution < 1.29 is 9.53 Å². The number of hydrogen-bond acceptors (Lipinski definition) is 5. The van der Waals surface area contributed by atoms with Crippen LogP contribution in [0.2, 0.25) is 0 Å². The number of pyridine rings is 1. The number of nitrogens with zero attached hydrogens (tertiary/aromatic N) is 3. The molecular formula is C15H16N4O3. The molecule has 1 saturated heterocycles. The van der Waals surface area contributed by atoms with Crippen LogP contribution in [0.1, 0.15) is 23.2 Å². The highest BCUT2D eigenvalue weighted by atomic mass is 16.5. The highest BCUT2D eigenvalue weighted by Crippen LogP contribution is 2.17. The maximum atomic E-state index is 12.4. The number of aromatic nitrogens is 3. The van der Waals surface area contributed by atoms with Gasteiger partial charge in [-0.05, 0) is 18.9 Å². The Bertz CT molecular complexity index is 681. The monoisotopic (exact) mass is 300 g/mol. The fourth-order valence-corrected chi connectivity index (χ4v) is 2.46. The van der Waals surface area contributed by atoms with Crippen LogP contribution in [0.5, 0.6) is 5.88 Å². The molecule has 2 aromatic heterocycles. The molecule has 22 heavy (non-hydrogen) atoms. The van der Waals surface area contributed by atoms with E-state index in [2.05, 4.69) is 15.0 Å². The van der Waals surface area contributed by atoms with Crippen LogP contribution in [0.25, 0.3) is 0 Å². The number of piperidine rings is 1. The fraction of sp³-hybridized carbons (Fsp3) is 0.333. The predicted octanol–water partition coefficient (Wildman–Crippen LogP) is 0.848. The number of nitrogens with one attached hydrogen (secondary N) is 1. The minimum absolute atomic E-state index is 0.0999. The highest BCUT2D eigenvalue weighted by molar-refractivity contribution is 5.93. The molecule has 0 aliphatic carbocycles. The van der Waals surface area contributed by atoms with E-state index in [1.807, 2.05) is 0 Å².